The summed E-state index contributed by atoms with van der Waals surface area (Å²) in [6, 6.07) is 1.98. The van der Waals surface area contributed by atoms with Gasteiger partial charge in [-0.05, 0) is 36.6 Å². The van der Waals surface area contributed by atoms with Crippen molar-refractivity contribution in [2.24, 2.45) is 0 Å². The molecule has 1 unspecified atom stereocenters. The van der Waals surface area contributed by atoms with Crippen molar-refractivity contribution >= 4 is 5.78 Å². The van der Waals surface area contributed by atoms with Crippen molar-refractivity contribution in [2.45, 2.75) is 18.3 Å². The fourth-order valence-electron chi connectivity index (χ4n) is 3.51. The first-order chi connectivity index (χ1) is 11.1. The normalized spacial score (nSPS) is 21.9. The Kier molecular flexibility index (Phi) is 3.80. The molecule has 2 aliphatic rings. The molecule has 1 aromatic carbocycles. The Morgan fingerprint density at radius 1 is 1.00 bits per heavy atom. The molecule has 0 heterocycles. The third-order valence-corrected chi connectivity index (χ3v) is 4.57. The second-order valence-corrected chi connectivity index (χ2v) is 5.63. The van der Waals surface area contributed by atoms with E-state index >= 15 is 0 Å². The topological polar surface area (TPSA) is 54.0 Å². The molecule has 23 heavy (non-hydrogen) atoms. The summed E-state index contributed by atoms with van der Waals surface area (Å²) in [7, 11) is 6.32. The van der Waals surface area contributed by atoms with Gasteiger partial charge < -0.3 is 18.9 Å². The van der Waals surface area contributed by atoms with E-state index in [2.05, 4.69) is 0 Å². The monoisotopic (exact) mass is 316 g/mol. The van der Waals surface area contributed by atoms with Crippen molar-refractivity contribution in [3.8, 4) is 17.2 Å². The molecule has 0 saturated carbocycles. The average Bonchev–Trinajstić information content (AvgIpc) is 2.93. The largest absolute Gasteiger partial charge is 0.493 e. The van der Waals surface area contributed by atoms with Gasteiger partial charge in [-0.1, -0.05) is 6.08 Å². The maximum atomic E-state index is 11.9. The number of aryl methyl sites for hydroxylation is 1. The number of benzene rings is 1. The molecule has 5 heteroatoms. The summed E-state index contributed by atoms with van der Waals surface area (Å²) in [4.78, 5) is 11.9. The summed E-state index contributed by atoms with van der Waals surface area (Å²) in [5.41, 5.74) is 1.72. The van der Waals surface area contributed by atoms with Gasteiger partial charge in [-0.3, -0.25) is 4.79 Å². The van der Waals surface area contributed by atoms with Crippen LogP contribution in [-0.2, 0) is 21.4 Å². The number of ketones is 1. The number of hydrogen-bond acceptors (Lipinski definition) is 5. The summed E-state index contributed by atoms with van der Waals surface area (Å²) in [5.74, 6) is 2.09. The van der Waals surface area contributed by atoms with Crippen molar-refractivity contribution in [2.75, 3.05) is 28.4 Å². The average molecular weight is 316 g/mol. The second-order valence-electron chi connectivity index (χ2n) is 5.63. The Bertz CT molecular complexity index is 717. The highest BCUT2D eigenvalue weighted by Gasteiger charge is 2.42. The van der Waals surface area contributed by atoms with Crippen LogP contribution in [0.1, 0.15) is 17.5 Å². The number of carbonyl (C=O) groups is 1. The van der Waals surface area contributed by atoms with E-state index in [0.29, 0.717) is 23.0 Å². The Balaban J connectivity index is 2.26. The number of methoxy groups -OCH3 is 4. The fourth-order valence-corrected chi connectivity index (χ4v) is 3.51. The molecular formula is C18H20O5. The van der Waals surface area contributed by atoms with Gasteiger partial charge >= 0.3 is 0 Å². The predicted octanol–water partition coefficient (Wildman–Crippen LogP) is 2.57. The minimum atomic E-state index is -0.417. The third-order valence-electron chi connectivity index (χ3n) is 4.57. The van der Waals surface area contributed by atoms with Crippen LogP contribution in [0.4, 0.5) is 0 Å². The maximum Gasteiger partial charge on any atom is 0.219 e. The van der Waals surface area contributed by atoms with Crippen LogP contribution in [0.2, 0.25) is 0 Å². The van der Waals surface area contributed by atoms with Crippen LogP contribution in [0.25, 0.3) is 0 Å². The van der Waals surface area contributed by atoms with E-state index in [1.807, 2.05) is 18.2 Å². The van der Waals surface area contributed by atoms with Gasteiger partial charge in [0.25, 0.3) is 0 Å². The number of rotatable bonds is 4. The predicted molar refractivity (Wildman–Crippen MR) is 85.3 cm³/mol. The lowest BCUT2D eigenvalue weighted by Crippen LogP contribution is -2.24. The first-order valence-corrected chi connectivity index (χ1v) is 7.43. The molecule has 0 radical (unpaired) electrons. The highest BCUT2D eigenvalue weighted by Crippen LogP contribution is 2.54. The molecule has 0 fully saturated rings. The number of carbonyl (C=O) groups excluding carboxylic acids is 1. The molecule has 122 valence electrons. The summed E-state index contributed by atoms with van der Waals surface area (Å²) >= 11 is 0. The van der Waals surface area contributed by atoms with Crippen LogP contribution < -0.4 is 14.2 Å². The van der Waals surface area contributed by atoms with E-state index in [9.17, 15) is 4.79 Å². The number of ether oxygens (including phenoxy) is 4. The van der Waals surface area contributed by atoms with Crippen LogP contribution in [0.5, 0.6) is 17.2 Å². The van der Waals surface area contributed by atoms with E-state index < -0.39 is 5.41 Å². The Hall–Kier alpha value is -2.43. The minimum absolute atomic E-state index is 0.119. The van der Waals surface area contributed by atoms with Gasteiger partial charge in [-0.25, -0.2) is 0 Å². The molecule has 1 spiro atoms. The van der Waals surface area contributed by atoms with Crippen LogP contribution in [0.15, 0.2) is 30.1 Å². The molecular weight excluding hydrogens is 296 g/mol. The second kappa shape index (κ2) is 5.65. The van der Waals surface area contributed by atoms with E-state index in [1.54, 1.807) is 27.4 Å². The van der Waals surface area contributed by atoms with Crippen molar-refractivity contribution in [1.82, 2.24) is 0 Å². The van der Waals surface area contributed by atoms with Crippen molar-refractivity contribution in [3.05, 3.63) is 41.2 Å². The Morgan fingerprint density at radius 2 is 1.74 bits per heavy atom. The van der Waals surface area contributed by atoms with Gasteiger partial charge in [-0.15, -0.1) is 0 Å². The summed E-state index contributed by atoms with van der Waals surface area (Å²) in [6.45, 7) is 0. The van der Waals surface area contributed by atoms with Gasteiger partial charge in [0.1, 0.15) is 0 Å². The summed E-state index contributed by atoms with van der Waals surface area (Å²) < 4.78 is 21.8. The molecule has 0 N–H and O–H groups in total. The van der Waals surface area contributed by atoms with E-state index in [-0.39, 0.29) is 5.78 Å². The molecule has 1 atom stereocenters. The number of hydrogen-bond donors (Lipinski definition) is 0. The Labute approximate surface area is 135 Å². The van der Waals surface area contributed by atoms with Gasteiger partial charge in [0.05, 0.1) is 28.4 Å². The fraction of sp³-hybridized carbons (Fsp3) is 0.389. The quantitative estimate of drug-likeness (QED) is 0.854. The number of allylic oxidation sites excluding steroid dienone is 3. The molecule has 1 aromatic rings. The van der Waals surface area contributed by atoms with Gasteiger partial charge in [0, 0.05) is 11.0 Å². The molecule has 0 saturated heterocycles. The molecule has 0 amide bonds. The minimum Gasteiger partial charge on any atom is -0.493 e. The van der Waals surface area contributed by atoms with Crippen LogP contribution >= 0.6 is 0 Å². The first kappa shape index (κ1) is 15.5. The molecule has 5 nitrogen and oxygen atoms in total. The standard InChI is InChI=1S/C18H20O5/c1-20-13-9-11-5-7-18(8-6-12(19)14(10-18)21-2)15(11)17(23-4)16(13)22-3/h6,8-10H,5,7H2,1-4H3. The van der Waals surface area contributed by atoms with Crippen molar-refractivity contribution < 1.29 is 23.7 Å². The summed E-state index contributed by atoms with van der Waals surface area (Å²) in [6.07, 6.45) is 7.08. The maximum absolute atomic E-state index is 11.9. The highest BCUT2D eigenvalue weighted by molar-refractivity contribution is 6.04. The van der Waals surface area contributed by atoms with Crippen molar-refractivity contribution in [3.63, 3.8) is 0 Å². The van der Waals surface area contributed by atoms with Gasteiger partial charge in [-0.2, -0.15) is 0 Å². The van der Waals surface area contributed by atoms with Crippen molar-refractivity contribution in [1.29, 1.82) is 0 Å². The zero-order valence-corrected chi connectivity index (χ0v) is 13.8. The smallest absolute Gasteiger partial charge is 0.219 e. The molecule has 0 bridgehead atoms. The zero-order chi connectivity index (χ0) is 16.6. The Morgan fingerprint density at radius 3 is 2.35 bits per heavy atom. The summed E-state index contributed by atoms with van der Waals surface area (Å²) in [5, 5.41) is 0. The molecule has 2 aliphatic carbocycles. The number of fused-ring (bicyclic) bond motifs is 2. The molecule has 0 aliphatic heterocycles. The highest BCUT2D eigenvalue weighted by atomic mass is 16.5. The van der Waals surface area contributed by atoms with Crippen LogP contribution in [-0.4, -0.2) is 34.2 Å². The SMILES string of the molecule is COC1=CC2(C=CC1=O)CCc1cc(OC)c(OC)c(OC)c12. The zero-order valence-electron chi connectivity index (χ0n) is 13.8. The van der Waals surface area contributed by atoms with Gasteiger partial charge in [0.2, 0.25) is 11.5 Å². The van der Waals surface area contributed by atoms with E-state index in [4.69, 9.17) is 18.9 Å². The van der Waals surface area contributed by atoms with Crippen LogP contribution in [0.3, 0.4) is 0 Å². The lowest BCUT2D eigenvalue weighted by Gasteiger charge is -2.29. The lowest BCUT2D eigenvalue weighted by molar-refractivity contribution is -0.114. The van der Waals surface area contributed by atoms with Gasteiger partial charge in [0.15, 0.2) is 17.3 Å². The molecule has 0 aromatic heterocycles. The van der Waals surface area contributed by atoms with Crippen LogP contribution in [0, 0.1) is 0 Å². The van der Waals surface area contributed by atoms with E-state index in [0.717, 1.165) is 24.0 Å². The molecule has 3 rings (SSSR count). The first-order valence-electron chi connectivity index (χ1n) is 7.43. The third kappa shape index (κ3) is 2.19. The van der Waals surface area contributed by atoms with E-state index in [1.165, 1.54) is 7.11 Å². The lowest BCUT2D eigenvalue weighted by atomic mass is 9.77.